The Hall–Kier alpha value is -12.4. The van der Waals surface area contributed by atoms with Crippen LogP contribution < -0.4 is 51.4 Å². The Labute approximate surface area is 756 Å². The maximum absolute atomic E-state index is 12.9. The third-order valence-electron chi connectivity index (χ3n) is 18.5. The predicted octanol–water partition coefficient (Wildman–Crippen LogP) is 17.2. The monoisotopic (exact) mass is 1830 g/mol. The molecule has 0 N–H and O–H groups in total. The standard InChI is InChI=1S/2C23H13ClN4O4.2C15H9BrClN3O2.C8H5NO2.K/c24-16-9-4-3-8-15(16)20-18(26-21-17(25-20)10-5-11-19(21)28(31)32)12-27-22(29)13-6-1-2-7-14(13)23(27)30;24-16-9-4-3-8-15(16)20-18(25-17-10-5-11-19(28(31)32)21(17)26-20)12-27-22(29)13-6-1-2-7-14(13)23(27)30;16-8-12-14(9-4-1-2-5-10(9)17)18-11-6-3-7-13(20(21)22)15(11)19-12;16-8-12-14(9-4-1-2-5-10(9)17)19-15-11(18-12)6-3-7-13(15)20(21)22;10-7-5-3-1-2-4-6(5)8(11)9-7;/h2*1-11H,12H2;2*1-7H,8H2;1-4H,(H,9,10,11);/q;;;;;+1/p-1. The van der Waals surface area contributed by atoms with Gasteiger partial charge < -0.3 is 14.9 Å². The van der Waals surface area contributed by atoms with Crippen LogP contribution >= 0.6 is 78.3 Å². The molecule has 0 fully saturated rings. The van der Waals surface area contributed by atoms with Crippen molar-refractivity contribution in [3.05, 3.63) is 365 Å². The van der Waals surface area contributed by atoms with Gasteiger partial charge in [0, 0.05) is 68.3 Å². The van der Waals surface area contributed by atoms with E-state index in [-0.39, 0.29) is 126 Å². The molecular weight excluding hydrogens is 1780 g/mol. The van der Waals surface area contributed by atoms with Crippen LogP contribution in [0.5, 0.6) is 0 Å². The van der Waals surface area contributed by atoms with Crippen LogP contribution in [0.3, 0.4) is 0 Å². The molecule has 0 spiro atoms. The van der Waals surface area contributed by atoms with Gasteiger partial charge in [0.2, 0.25) is 0 Å². The average Bonchev–Trinajstić information content (AvgIpc) is 1.80. The molecule has 0 saturated carbocycles. The molecule has 29 nitrogen and oxygen atoms in total. The molecule has 15 aromatic rings. The molecule has 6 amide bonds. The van der Waals surface area contributed by atoms with Crippen molar-refractivity contribution in [1.82, 2.24) is 49.7 Å². The maximum Gasteiger partial charge on any atom is 1.00 e. The number of nitrogens with zero attached hydrogens (tertiary/aromatic N) is 15. The van der Waals surface area contributed by atoms with Gasteiger partial charge in [-0.2, -0.15) is 0 Å². The Morgan fingerprint density at radius 3 is 0.808 bits per heavy atom. The van der Waals surface area contributed by atoms with E-state index in [1.54, 1.807) is 170 Å². The summed E-state index contributed by atoms with van der Waals surface area (Å²) >= 11 is 32.0. The van der Waals surface area contributed by atoms with Crippen LogP contribution in [-0.4, -0.2) is 105 Å². The van der Waals surface area contributed by atoms with Crippen LogP contribution in [0.15, 0.2) is 243 Å². The molecule has 36 heteroatoms. The van der Waals surface area contributed by atoms with Gasteiger partial charge in [0.15, 0.2) is 22.1 Å². The summed E-state index contributed by atoms with van der Waals surface area (Å²) in [6, 6.07) is 66.4. The number of hydrogen-bond acceptors (Lipinski definition) is 22. The molecule has 4 aromatic heterocycles. The van der Waals surface area contributed by atoms with Crippen molar-refractivity contribution in [2.75, 3.05) is 0 Å². The number of nitro benzene ring substituents is 4. The number of carbonyl (C=O) groups is 6. The topological polar surface area (TPSA) is 399 Å². The fraction of sp³-hybridized carbons (Fsp3) is 0.0476. The van der Waals surface area contributed by atoms with Crippen LogP contribution in [0.4, 0.5) is 22.7 Å². The number of carbonyl (C=O) groups excluding carboxylic acids is 6. The van der Waals surface area contributed by atoms with E-state index in [0.717, 1.165) is 15.4 Å². The molecule has 3 aliphatic heterocycles. The number of rotatable bonds is 14. The first-order valence-corrected chi connectivity index (χ1v) is 38.9. The molecule has 0 unspecified atom stereocenters. The van der Waals surface area contributed by atoms with E-state index in [2.05, 4.69) is 77.0 Å². The Balaban J connectivity index is 0.000000134. The number of halogens is 6. The van der Waals surface area contributed by atoms with Crippen LogP contribution in [0.1, 0.15) is 84.9 Å². The van der Waals surface area contributed by atoms with Gasteiger partial charge in [-0.15, -0.1) is 0 Å². The van der Waals surface area contributed by atoms with Crippen molar-refractivity contribution in [2.24, 2.45) is 0 Å². The minimum absolute atomic E-state index is 0. The Morgan fingerprint density at radius 1 is 0.283 bits per heavy atom. The first-order chi connectivity index (χ1) is 57.4. The van der Waals surface area contributed by atoms with Gasteiger partial charge in [0.25, 0.3) is 46.4 Å². The van der Waals surface area contributed by atoms with E-state index in [4.69, 9.17) is 46.4 Å². The Bertz CT molecular complexity index is 6720. The van der Waals surface area contributed by atoms with Crippen LogP contribution in [0.25, 0.3) is 94.5 Å². The van der Waals surface area contributed by atoms with Crippen molar-refractivity contribution < 1.29 is 99.8 Å². The quantitative estimate of drug-likeness (QED) is 0.0321. The number of nitro groups is 4. The van der Waals surface area contributed by atoms with Gasteiger partial charge in [-0.3, -0.25) is 69.4 Å². The number of alkyl halides is 2. The van der Waals surface area contributed by atoms with Gasteiger partial charge in [-0.25, -0.2) is 39.9 Å². The summed E-state index contributed by atoms with van der Waals surface area (Å²) < 4.78 is 0. The second-order valence-electron chi connectivity index (χ2n) is 25.6. The smallest absolute Gasteiger partial charge is 0.587 e. The minimum Gasteiger partial charge on any atom is -0.587 e. The zero-order valence-electron chi connectivity index (χ0n) is 61.6. The molecule has 3 aliphatic rings. The number of benzene rings is 11. The zero-order valence-corrected chi connectivity index (χ0v) is 70.9. The summed E-state index contributed by atoms with van der Waals surface area (Å²) in [7, 11) is 0. The van der Waals surface area contributed by atoms with Crippen LogP contribution in [0, 0.1) is 40.5 Å². The molecule has 7 heterocycles. The normalized spacial score (nSPS) is 12.2. The van der Waals surface area contributed by atoms with Crippen molar-refractivity contribution in [2.45, 2.75) is 23.7 Å². The van der Waals surface area contributed by atoms with Crippen molar-refractivity contribution in [3.8, 4) is 45.0 Å². The molecular formula is C84H48Br2Cl4KN15O14. The summed E-state index contributed by atoms with van der Waals surface area (Å²) in [4.78, 5) is 155. The minimum atomic E-state index is -0.544. The number of imide groups is 3. The van der Waals surface area contributed by atoms with Gasteiger partial charge >= 0.3 is 51.4 Å². The van der Waals surface area contributed by atoms with Gasteiger partial charge in [-0.05, 0) is 72.8 Å². The fourth-order valence-corrected chi connectivity index (χ4v) is 14.7. The first kappa shape index (κ1) is 85.4. The molecule has 0 bridgehead atoms. The van der Waals surface area contributed by atoms with E-state index in [1.165, 1.54) is 36.4 Å². The third kappa shape index (κ3) is 17.5. The second kappa shape index (κ2) is 37.2. The second-order valence-corrected chi connectivity index (χ2v) is 28.4. The molecule has 586 valence electrons. The van der Waals surface area contributed by atoms with Crippen LogP contribution in [-0.2, 0) is 23.7 Å². The average molecular weight is 1830 g/mol. The molecule has 11 aromatic carbocycles. The van der Waals surface area contributed by atoms with Crippen molar-refractivity contribution in [1.29, 1.82) is 0 Å². The molecule has 0 aliphatic carbocycles. The Morgan fingerprint density at radius 2 is 0.508 bits per heavy atom. The van der Waals surface area contributed by atoms with Gasteiger partial charge in [0.1, 0.15) is 0 Å². The number of amides is 6. The van der Waals surface area contributed by atoms with Gasteiger partial charge in [-0.1, -0.05) is 224 Å². The van der Waals surface area contributed by atoms with E-state index < -0.39 is 55.1 Å². The van der Waals surface area contributed by atoms with Crippen molar-refractivity contribution >= 4 is 181 Å². The van der Waals surface area contributed by atoms with Crippen molar-refractivity contribution in [3.63, 3.8) is 0 Å². The summed E-state index contributed by atoms with van der Waals surface area (Å²) in [6.07, 6.45) is 0. The van der Waals surface area contributed by atoms with E-state index in [1.807, 2.05) is 36.4 Å². The molecule has 0 atom stereocenters. The molecule has 0 saturated heterocycles. The van der Waals surface area contributed by atoms with E-state index in [9.17, 15) is 69.2 Å². The largest absolute Gasteiger partial charge is 1.00 e. The number of aromatic nitrogens is 8. The fourth-order valence-electron chi connectivity index (χ4n) is 13.0. The number of fused-ring (bicyclic) bond motifs is 7. The maximum atomic E-state index is 12.9. The zero-order chi connectivity index (χ0) is 84.0. The molecule has 18 rings (SSSR count). The summed E-state index contributed by atoms with van der Waals surface area (Å²) in [6.45, 7) is -0.361. The predicted molar refractivity (Wildman–Crippen MR) is 452 cm³/mol. The first-order valence-electron chi connectivity index (χ1n) is 35.1. The van der Waals surface area contributed by atoms with E-state index >= 15 is 0 Å². The number of para-hydroxylation sites is 4. The van der Waals surface area contributed by atoms with Crippen LogP contribution in [0.2, 0.25) is 20.1 Å². The van der Waals surface area contributed by atoms with E-state index in [0.29, 0.717) is 132 Å². The number of non-ortho nitro benzene ring substituents is 4. The molecule has 120 heavy (non-hydrogen) atoms. The number of hydrogen-bond donors (Lipinski definition) is 0. The molecule has 0 radical (unpaired) electrons. The van der Waals surface area contributed by atoms with Gasteiger partial charge in [0.05, 0.1) is 155 Å². The Kier molecular flexibility index (Phi) is 26.5. The summed E-state index contributed by atoms with van der Waals surface area (Å²) in [5.74, 6) is -2.63. The SMILES string of the molecule is O=C1[N-]C(=O)c2ccccc21.O=C1c2ccccc2C(=O)N1Cc1nc2c([N+](=O)[O-])cccc2nc1-c1ccccc1Cl.O=C1c2ccccc2C(=O)N1Cc1nc2cccc([N+](=O)[O-])c2nc1-c1ccccc1Cl.O=[N+]([O-])c1cccc2nc(-c3ccccc3Cl)c(CBr)nc12.O=[N+]([O-])c1cccc2nc(CBr)c(-c3ccccc3Cl)nc12.[K+]. The summed E-state index contributed by atoms with van der Waals surface area (Å²) in [5, 5.41) is 51.4. The third-order valence-corrected chi connectivity index (χ3v) is 20.9. The summed E-state index contributed by atoms with van der Waals surface area (Å²) in [5.41, 5.74) is 9.86.